The summed E-state index contributed by atoms with van der Waals surface area (Å²) in [6.07, 6.45) is -7.05. The van der Waals surface area contributed by atoms with Gasteiger partial charge in [-0.2, -0.15) is 17.6 Å². The number of hydrogen-bond donors (Lipinski definition) is 0. The minimum absolute atomic E-state index is 0.115. The normalized spacial score (nSPS) is 12.3. The third kappa shape index (κ3) is 7.10. The minimum atomic E-state index is -4.80. The van der Waals surface area contributed by atoms with Crippen LogP contribution in [0, 0.1) is 11.6 Å². The highest BCUT2D eigenvalue weighted by molar-refractivity contribution is 5.68. The zero-order valence-electron chi connectivity index (χ0n) is 17.8. The maximum atomic E-state index is 14.5. The van der Waals surface area contributed by atoms with Crippen LogP contribution in [0.4, 0.5) is 26.7 Å². The average Bonchev–Trinajstić information content (AvgIpc) is 2.74. The number of alkyl halides is 3. The summed E-state index contributed by atoms with van der Waals surface area (Å²) in [6.45, 7) is 4.15. The summed E-state index contributed by atoms with van der Waals surface area (Å²) in [4.78, 5) is 11.8. The Bertz CT molecular complexity index is 881. The molecule has 0 heterocycles. The molecule has 32 heavy (non-hydrogen) atoms. The van der Waals surface area contributed by atoms with E-state index in [-0.39, 0.29) is 12.0 Å². The van der Waals surface area contributed by atoms with Gasteiger partial charge in [-0.3, -0.25) is 0 Å². The monoisotopic (exact) mass is 460 g/mol. The van der Waals surface area contributed by atoms with Gasteiger partial charge in [0.25, 0.3) is 0 Å². The molecule has 0 amide bonds. The number of unbranched alkanes of at least 4 members (excludes halogenated alkanes) is 3. The van der Waals surface area contributed by atoms with Gasteiger partial charge < -0.3 is 14.2 Å². The molecule has 1 atom stereocenters. The number of carbonyl (C=O) groups excluding carboxylic acids is 1. The Balaban J connectivity index is 2.09. The number of hydrogen-bond acceptors (Lipinski definition) is 4. The van der Waals surface area contributed by atoms with E-state index < -0.39 is 42.2 Å². The molecule has 1 unspecified atom stereocenters. The topological polar surface area (TPSA) is 44.8 Å². The van der Waals surface area contributed by atoms with Gasteiger partial charge in [0.15, 0.2) is 11.6 Å². The first-order chi connectivity index (χ1) is 15.2. The minimum Gasteiger partial charge on any atom is -0.494 e. The smallest absolute Gasteiger partial charge is 0.494 e. The molecule has 2 aromatic rings. The van der Waals surface area contributed by atoms with Crippen molar-refractivity contribution in [2.75, 3.05) is 6.61 Å². The largest absolute Gasteiger partial charge is 0.514 e. The van der Waals surface area contributed by atoms with Crippen molar-refractivity contribution in [1.29, 1.82) is 0 Å². The Morgan fingerprint density at radius 2 is 1.62 bits per heavy atom. The van der Waals surface area contributed by atoms with Gasteiger partial charge >= 0.3 is 12.3 Å². The molecule has 0 aromatic heterocycles. The van der Waals surface area contributed by atoms with Crippen LogP contribution in [0.5, 0.6) is 11.5 Å². The predicted molar refractivity (Wildman–Crippen MR) is 109 cm³/mol. The molecular formula is C23H25F5O4. The van der Waals surface area contributed by atoms with Crippen molar-refractivity contribution in [1.82, 2.24) is 0 Å². The van der Waals surface area contributed by atoms with Crippen LogP contribution in [0.1, 0.15) is 46.0 Å². The summed E-state index contributed by atoms with van der Waals surface area (Å²) < 4.78 is 82.4. The molecule has 9 heteroatoms. The molecule has 0 radical (unpaired) electrons. The van der Waals surface area contributed by atoms with Gasteiger partial charge in [0.1, 0.15) is 5.75 Å². The highest BCUT2D eigenvalue weighted by Crippen LogP contribution is 2.32. The van der Waals surface area contributed by atoms with Crippen LogP contribution in [0.15, 0.2) is 36.4 Å². The summed E-state index contributed by atoms with van der Waals surface area (Å²) in [5.74, 6) is -3.14. The van der Waals surface area contributed by atoms with Crippen molar-refractivity contribution < 1.29 is 41.0 Å². The lowest BCUT2D eigenvalue weighted by atomic mass is 10.0. The average molecular weight is 460 g/mol. The van der Waals surface area contributed by atoms with E-state index >= 15 is 0 Å². The van der Waals surface area contributed by atoms with Crippen LogP contribution in [0.2, 0.25) is 0 Å². The van der Waals surface area contributed by atoms with Gasteiger partial charge in [0.05, 0.1) is 6.61 Å². The van der Waals surface area contributed by atoms with Crippen molar-refractivity contribution in [2.45, 2.75) is 58.2 Å². The van der Waals surface area contributed by atoms with Crippen LogP contribution in [0.3, 0.4) is 0 Å². The molecule has 0 aliphatic carbocycles. The summed E-state index contributed by atoms with van der Waals surface area (Å²) >= 11 is 0. The Morgan fingerprint density at radius 3 is 2.22 bits per heavy atom. The van der Waals surface area contributed by atoms with Crippen LogP contribution < -0.4 is 9.47 Å². The van der Waals surface area contributed by atoms with E-state index in [0.29, 0.717) is 24.3 Å². The van der Waals surface area contributed by atoms with E-state index in [2.05, 4.69) is 9.47 Å². The van der Waals surface area contributed by atoms with Crippen LogP contribution in [-0.4, -0.2) is 25.0 Å². The number of rotatable bonds is 10. The van der Waals surface area contributed by atoms with Gasteiger partial charge in [-0.25, -0.2) is 9.18 Å². The molecular weight excluding hydrogens is 435 g/mol. The SMILES string of the molecule is CCCCCCC(OC(=O)Oc1ccc(-c2ccc(OCC)cc2)c(F)c1F)C(F)(F)F. The molecule has 0 saturated heterocycles. The van der Waals surface area contributed by atoms with Crippen molar-refractivity contribution in [3.8, 4) is 22.6 Å². The summed E-state index contributed by atoms with van der Waals surface area (Å²) in [7, 11) is 0. The molecule has 0 saturated carbocycles. The quantitative estimate of drug-likeness (QED) is 0.160. The van der Waals surface area contributed by atoms with Gasteiger partial charge in [-0.1, -0.05) is 38.3 Å². The van der Waals surface area contributed by atoms with Gasteiger partial charge in [0, 0.05) is 5.56 Å². The zero-order chi connectivity index (χ0) is 23.7. The summed E-state index contributed by atoms with van der Waals surface area (Å²) in [5, 5.41) is 0. The van der Waals surface area contributed by atoms with E-state index in [4.69, 9.17) is 4.74 Å². The van der Waals surface area contributed by atoms with Crippen molar-refractivity contribution in [3.63, 3.8) is 0 Å². The standard InChI is InChI=1S/C23H25F5O4/c1-3-5-6-7-8-19(23(26,27)28)32-22(29)31-18-14-13-17(20(24)21(18)25)15-9-11-16(12-10-15)30-4-2/h9-14,19H,3-8H2,1-2H3. The van der Waals surface area contributed by atoms with Crippen LogP contribution in [-0.2, 0) is 4.74 Å². The third-order valence-electron chi connectivity index (χ3n) is 4.64. The van der Waals surface area contributed by atoms with Gasteiger partial charge in [0.2, 0.25) is 11.9 Å². The maximum Gasteiger partial charge on any atom is 0.514 e. The molecule has 4 nitrogen and oxygen atoms in total. The maximum absolute atomic E-state index is 14.5. The first-order valence-corrected chi connectivity index (χ1v) is 10.3. The molecule has 0 spiro atoms. The fourth-order valence-electron chi connectivity index (χ4n) is 3.01. The molecule has 0 N–H and O–H groups in total. The molecule has 0 bridgehead atoms. The second kappa shape index (κ2) is 11.7. The highest BCUT2D eigenvalue weighted by atomic mass is 19.4. The number of ether oxygens (including phenoxy) is 3. The van der Waals surface area contributed by atoms with Crippen LogP contribution >= 0.6 is 0 Å². The molecule has 2 aromatic carbocycles. The summed E-state index contributed by atoms with van der Waals surface area (Å²) in [5.41, 5.74) is 0.221. The number of carbonyl (C=O) groups is 1. The lowest BCUT2D eigenvalue weighted by Crippen LogP contribution is -2.34. The van der Waals surface area contributed by atoms with Crippen molar-refractivity contribution >= 4 is 6.16 Å². The number of halogens is 5. The second-order valence-corrected chi connectivity index (χ2v) is 7.05. The molecule has 0 aliphatic rings. The first-order valence-electron chi connectivity index (χ1n) is 10.3. The van der Waals surface area contributed by atoms with Crippen LogP contribution in [0.25, 0.3) is 11.1 Å². The van der Waals surface area contributed by atoms with E-state index in [0.717, 1.165) is 25.0 Å². The molecule has 0 aliphatic heterocycles. The Morgan fingerprint density at radius 1 is 0.938 bits per heavy atom. The fraction of sp³-hybridized carbons (Fsp3) is 0.435. The lowest BCUT2D eigenvalue weighted by molar-refractivity contribution is -0.208. The lowest BCUT2D eigenvalue weighted by Gasteiger charge is -2.20. The molecule has 2 rings (SSSR count). The third-order valence-corrected chi connectivity index (χ3v) is 4.64. The van der Waals surface area contributed by atoms with Gasteiger partial charge in [-0.05, 0) is 49.6 Å². The zero-order valence-corrected chi connectivity index (χ0v) is 17.8. The van der Waals surface area contributed by atoms with E-state index in [1.54, 1.807) is 19.1 Å². The van der Waals surface area contributed by atoms with Crippen molar-refractivity contribution in [2.24, 2.45) is 0 Å². The predicted octanol–water partition coefficient (Wildman–Crippen LogP) is 7.45. The first kappa shape index (κ1) is 25.4. The van der Waals surface area contributed by atoms with Gasteiger partial charge in [-0.15, -0.1) is 0 Å². The van der Waals surface area contributed by atoms with E-state index in [1.807, 2.05) is 6.92 Å². The fourth-order valence-corrected chi connectivity index (χ4v) is 3.01. The highest BCUT2D eigenvalue weighted by Gasteiger charge is 2.43. The second-order valence-electron chi connectivity index (χ2n) is 7.05. The Labute approximate surface area is 183 Å². The molecule has 176 valence electrons. The number of benzene rings is 2. The van der Waals surface area contributed by atoms with Crippen molar-refractivity contribution in [3.05, 3.63) is 48.0 Å². The Kier molecular flexibility index (Phi) is 9.28. The van der Waals surface area contributed by atoms with E-state index in [9.17, 15) is 26.7 Å². The molecule has 0 fully saturated rings. The van der Waals surface area contributed by atoms with E-state index in [1.165, 1.54) is 12.1 Å². The summed E-state index contributed by atoms with van der Waals surface area (Å²) in [6, 6.07) is 8.30. The Hall–Kier alpha value is -2.84.